The maximum Gasteiger partial charge on any atom is 0.0916 e. The molecule has 0 N–H and O–H groups in total. The van der Waals surface area contributed by atoms with Crippen LogP contribution in [0.2, 0.25) is 0 Å². The Morgan fingerprint density at radius 2 is 0.857 bits per heavy atom. The molecule has 172 valence electrons. The summed E-state index contributed by atoms with van der Waals surface area (Å²) in [5.74, 6) is 0. The Balaban J connectivity index is 0. The van der Waals surface area contributed by atoms with Crippen molar-refractivity contribution in [2.75, 3.05) is 33.4 Å². The molecule has 0 bridgehead atoms. The number of nitrogens with zero attached hydrogens (tertiary/aromatic N) is 1. The molecule has 0 aliphatic carbocycles. The lowest BCUT2D eigenvalue weighted by atomic mass is 10.0. The maximum atomic E-state index is 9.08. The molecule has 0 radical (unpaired) electrons. The standard InChI is InChI=1S/C22H48N.CH4O3S/c1-5-7-8-9-10-11-12-13-14-15-16-17-18-19-20-21-22-23(3,4)6-2;1-5(2,3)4/h5-22H2,1-4H3;1H3,(H,2,3,4)/q+1;/p-1. The van der Waals surface area contributed by atoms with E-state index in [9.17, 15) is 0 Å². The molecule has 0 spiro atoms. The molecule has 0 aliphatic rings. The highest BCUT2D eigenvalue weighted by Crippen LogP contribution is 2.14. The minimum absolute atomic E-state index is 0.604. The normalized spacial score (nSPS) is 11.9. The van der Waals surface area contributed by atoms with E-state index in [1.807, 2.05) is 0 Å². The van der Waals surface area contributed by atoms with Crippen molar-refractivity contribution in [3.05, 3.63) is 0 Å². The van der Waals surface area contributed by atoms with Gasteiger partial charge in [0.05, 0.1) is 37.3 Å². The molecule has 0 aromatic heterocycles. The molecule has 0 saturated carbocycles. The number of hydrogen-bond donors (Lipinski definition) is 0. The van der Waals surface area contributed by atoms with Crippen molar-refractivity contribution in [1.29, 1.82) is 0 Å². The van der Waals surface area contributed by atoms with Crippen molar-refractivity contribution in [3.63, 3.8) is 0 Å². The van der Waals surface area contributed by atoms with Crippen LogP contribution in [-0.4, -0.2) is 50.9 Å². The highest BCUT2D eigenvalue weighted by molar-refractivity contribution is 7.84. The Hall–Kier alpha value is -0.130. The van der Waals surface area contributed by atoms with Crippen LogP contribution in [0.15, 0.2) is 0 Å². The smallest absolute Gasteiger partial charge is 0.0916 e. The highest BCUT2D eigenvalue weighted by Gasteiger charge is 2.09. The van der Waals surface area contributed by atoms with Crippen molar-refractivity contribution in [1.82, 2.24) is 0 Å². The van der Waals surface area contributed by atoms with Gasteiger partial charge in [-0.1, -0.05) is 96.8 Å². The maximum absolute atomic E-state index is 9.08. The SMILES string of the molecule is CCCCCCCCCCCCCCCCCC[N+](C)(C)CC.CS(=O)(=O)[O-]. The van der Waals surface area contributed by atoms with Gasteiger partial charge in [0.25, 0.3) is 0 Å². The predicted octanol–water partition coefficient (Wildman–Crippen LogP) is 6.51. The minimum Gasteiger partial charge on any atom is -0.748 e. The van der Waals surface area contributed by atoms with E-state index in [1.54, 1.807) is 0 Å². The predicted molar refractivity (Wildman–Crippen MR) is 123 cm³/mol. The summed E-state index contributed by atoms with van der Waals surface area (Å²) in [5, 5.41) is 0. The summed E-state index contributed by atoms with van der Waals surface area (Å²) in [4.78, 5) is 0. The van der Waals surface area contributed by atoms with Gasteiger partial charge in [-0.3, -0.25) is 0 Å². The molecule has 5 heteroatoms. The van der Waals surface area contributed by atoms with E-state index in [0.717, 1.165) is 0 Å². The number of hydrogen-bond acceptors (Lipinski definition) is 3. The summed E-state index contributed by atoms with van der Waals surface area (Å²) in [6.45, 7) is 7.21. The molecule has 0 heterocycles. The fraction of sp³-hybridized carbons (Fsp3) is 1.00. The fourth-order valence-electron chi connectivity index (χ4n) is 3.25. The van der Waals surface area contributed by atoms with Gasteiger partial charge in [0.15, 0.2) is 0 Å². The van der Waals surface area contributed by atoms with E-state index in [0.29, 0.717) is 6.26 Å². The summed E-state index contributed by atoms with van der Waals surface area (Å²) in [7, 11) is 0.788. The number of unbranched alkanes of at least 4 members (excludes halogenated alkanes) is 15. The first kappa shape index (κ1) is 30.1. The fourth-order valence-corrected chi connectivity index (χ4v) is 3.25. The lowest BCUT2D eigenvalue weighted by molar-refractivity contribution is -0.888. The summed E-state index contributed by atoms with van der Waals surface area (Å²) in [6, 6.07) is 0. The Labute approximate surface area is 177 Å². The van der Waals surface area contributed by atoms with Gasteiger partial charge in [-0.25, -0.2) is 8.42 Å². The highest BCUT2D eigenvalue weighted by atomic mass is 32.2. The first-order chi connectivity index (χ1) is 13.1. The van der Waals surface area contributed by atoms with Crippen LogP contribution in [0.5, 0.6) is 0 Å². The van der Waals surface area contributed by atoms with E-state index in [1.165, 1.54) is 120 Å². The second kappa shape index (κ2) is 20.2. The monoisotopic (exact) mass is 421 g/mol. The van der Waals surface area contributed by atoms with Crippen LogP contribution in [0.4, 0.5) is 0 Å². The van der Waals surface area contributed by atoms with Crippen LogP contribution in [0.3, 0.4) is 0 Å². The van der Waals surface area contributed by atoms with Crippen molar-refractivity contribution in [3.8, 4) is 0 Å². The molecule has 0 atom stereocenters. The van der Waals surface area contributed by atoms with Gasteiger partial charge in [0, 0.05) is 6.26 Å². The molecule has 0 unspecified atom stereocenters. The minimum atomic E-state index is -3.92. The van der Waals surface area contributed by atoms with Gasteiger partial charge in [0.2, 0.25) is 0 Å². The number of rotatable bonds is 18. The third-order valence-electron chi connectivity index (χ3n) is 5.47. The summed E-state index contributed by atoms with van der Waals surface area (Å²) < 4.78 is 28.4. The van der Waals surface area contributed by atoms with Crippen LogP contribution >= 0.6 is 0 Å². The molecule has 0 amide bonds. The molecule has 0 aromatic carbocycles. The molecular formula is C23H51NO3S. The third kappa shape index (κ3) is 33.5. The average Bonchev–Trinajstić information content (AvgIpc) is 2.60. The summed E-state index contributed by atoms with van der Waals surface area (Å²) in [5.41, 5.74) is 0. The van der Waals surface area contributed by atoms with Crippen LogP contribution in [-0.2, 0) is 10.1 Å². The van der Waals surface area contributed by atoms with E-state index >= 15 is 0 Å². The Morgan fingerprint density at radius 3 is 1.11 bits per heavy atom. The average molecular weight is 422 g/mol. The molecule has 0 aliphatic heterocycles. The second-order valence-corrected chi connectivity index (χ2v) is 10.4. The molecule has 4 nitrogen and oxygen atoms in total. The molecule has 0 fully saturated rings. The van der Waals surface area contributed by atoms with Gasteiger partial charge in [-0.15, -0.1) is 0 Å². The van der Waals surface area contributed by atoms with E-state index in [4.69, 9.17) is 13.0 Å². The van der Waals surface area contributed by atoms with E-state index < -0.39 is 10.1 Å². The molecule has 0 saturated heterocycles. The van der Waals surface area contributed by atoms with E-state index in [2.05, 4.69) is 27.9 Å². The quantitative estimate of drug-likeness (QED) is 0.144. The Kier molecular flexibility index (Phi) is 21.6. The van der Waals surface area contributed by atoms with Crippen LogP contribution in [0.25, 0.3) is 0 Å². The first-order valence-electron chi connectivity index (χ1n) is 11.8. The first-order valence-corrected chi connectivity index (χ1v) is 13.7. The van der Waals surface area contributed by atoms with Gasteiger partial charge in [-0.05, 0) is 19.8 Å². The van der Waals surface area contributed by atoms with Crippen molar-refractivity contribution < 1.29 is 17.5 Å². The lowest BCUT2D eigenvalue weighted by Gasteiger charge is -2.28. The second-order valence-electron chi connectivity index (χ2n) is 8.98. The summed E-state index contributed by atoms with van der Waals surface area (Å²) >= 11 is 0. The van der Waals surface area contributed by atoms with Crippen LogP contribution < -0.4 is 0 Å². The largest absolute Gasteiger partial charge is 0.748 e. The van der Waals surface area contributed by atoms with Gasteiger partial charge < -0.3 is 9.04 Å². The molecular weight excluding hydrogens is 370 g/mol. The third-order valence-corrected chi connectivity index (χ3v) is 5.47. The summed E-state index contributed by atoms with van der Waals surface area (Å²) in [6.07, 6.45) is 24.0. The van der Waals surface area contributed by atoms with Crippen molar-refractivity contribution in [2.45, 2.75) is 117 Å². The molecule has 0 rings (SSSR count). The van der Waals surface area contributed by atoms with Gasteiger partial charge in [0.1, 0.15) is 0 Å². The zero-order valence-corrected chi connectivity index (χ0v) is 20.6. The van der Waals surface area contributed by atoms with Crippen LogP contribution in [0, 0.1) is 0 Å². The Morgan fingerprint density at radius 1 is 0.607 bits per heavy atom. The van der Waals surface area contributed by atoms with Crippen molar-refractivity contribution >= 4 is 10.1 Å². The van der Waals surface area contributed by atoms with Gasteiger partial charge in [-0.2, -0.15) is 0 Å². The zero-order chi connectivity index (χ0) is 21.7. The van der Waals surface area contributed by atoms with Crippen LogP contribution in [0.1, 0.15) is 117 Å². The number of quaternary nitrogens is 1. The van der Waals surface area contributed by atoms with E-state index in [-0.39, 0.29) is 0 Å². The lowest BCUT2D eigenvalue weighted by Crippen LogP contribution is -2.39. The zero-order valence-electron chi connectivity index (χ0n) is 19.8. The van der Waals surface area contributed by atoms with Crippen molar-refractivity contribution in [2.24, 2.45) is 0 Å². The molecule has 0 aromatic rings. The topological polar surface area (TPSA) is 57.2 Å². The Bertz CT molecular complexity index is 400. The van der Waals surface area contributed by atoms with Gasteiger partial charge >= 0.3 is 0 Å². The molecule has 28 heavy (non-hydrogen) atoms.